The summed E-state index contributed by atoms with van der Waals surface area (Å²) in [5.41, 5.74) is 1.22. The summed E-state index contributed by atoms with van der Waals surface area (Å²) in [7, 11) is 1.49. The SMILES string of the molecule is C[C@@H](NC(=O)[C@H](Cc1ccc(O)cc1)N(C)C(=O)OC(C)(C)C)C(=O)NCCCc1ccccc1. The van der Waals surface area contributed by atoms with E-state index in [-0.39, 0.29) is 18.1 Å². The van der Waals surface area contributed by atoms with Crippen LogP contribution in [0.3, 0.4) is 0 Å². The minimum atomic E-state index is -0.914. The number of phenolic OH excluding ortho intramolecular Hbond substituents is 1. The van der Waals surface area contributed by atoms with Gasteiger partial charge >= 0.3 is 6.09 Å². The van der Waals surface area contributed by atoms with Gasteiger partial charge in [0.05, 0.1) is 0 Å². The molecule has 0 radical (unpaired) electrons. The Morgan fingerprint density at radius 3 is 2.20 bits per heavy atom. The Hall–Kier alpha value is -3.55. The number of nitrogens with zero attached hydrogens (tertiary/aromatic N) is 1. The number of aromatic hydroxyl groups is 1. The average Bonchev–Trinajstić information content (AvgIpc) is 2.80. The van der Waals surface area contributed by atoms with Gasteiger partial charge in [0.2, 0.25) is 11.8 Å². The van der Waals surface area contributed by atoms with Crippen molar-refractivity contribution in [3.63, 3.8) is 0 Å². The minimum absolute atomic E-state index is 0.104. The van der Waals surface area contributed by atoms with Crippen molar-refractivity contribution in [1.82, 2.24) is 15.5 Å². The first-order chi connectivity index (χ1) is 16.5. The molecule has 8 nitrogen and oxygen atoms in total. The van der Waals surface area contributed by atoms with Crippen LogP contribution in [0.4, 0.5) is 4.79 Å². The maximum Gasteiger partial charge on any atom is 0.410 e. The molecule has 0 heterocycles. The average molecular weight is 484 g/mol. The number of hydrogen-bond acceptors (Lipinski definition) is 5. The molecule has 35 heavy (non-hydrogen) atoms. The molecule has 0 bridgehead atoms. The first kappa shape index (κ1) is 27.7. The van der Waals surface area contributed by atoms with Crippen LogP contribution in [0.5, 0.6) is 5.75 Å². The highest BCUT2D eigenvalue weighted by Crippen LogP contribution is 2.16. The molecule has 0 aliphatic rings. The lowest BCUT2D eigenvalue weighted by Gasteiger charge is -2.30. The van der Waals surface area contributed by atoms with E-state index < -0.39 is 29.7 Å². The van der Waals surface area contributed by atoms with Gasteiger partial charge in [0.15, 0.2) is 0 Å². The summed E-state index contributed by atoms with van der Waals surface area (Å²) < 4.78 is 5.43. The predicted molar refractivity (Wildman–Crippen MR) is 135 cm³/mol. The van der Waals surface area contributed by atoms with Crippen molar-refractivity contribution in [3.05, 3.63) is 65.7 Å². The van der Waals surface area contributed by atoms with Gasteiger partial charge in [0.1, 0.15) is 23.4 Å². The fraction of sp³-hybridized carbons (Fsp3) is 0.444. The Morgan fingerprint density at radius 2 is 1.60 bits per heavy atom. The van der Waals surface area contributed by atoms with Gasteiger partial charge in [-0.15, -0.1) is 0 Å². The lowest BCUT2D eigenvalue weighted by molar-refractivity contribution is -0.131. The number of benzene rings is 2. The molecular weight excluding hydrogens is 446 g/mol. The van der Waals surface area contributed by atoms with E-state index in [2.05, 4.69) is 10.6 Å². The van der Waals surface area contributed by atoms with Gasteiger partial charge in [0.25, 0.3) is 0 Å². The third-order valence-electron chi connectivity index (χ3n) is 5.35. The van der Waals surface area contributed by atoms with Crippen molar-refractivity contribution in [3.8, 4) is 5.75 Å². The fourth-order valence-corrected chi connectivity index (χ4v) is 3.40. The zero-order chi connectivity index (χ0) is 26.0. The summed E-state index contributed by atoms with van der Waals surface area (Å²) in [6.07, 6.45) is 1.17. The zero-order valence-corrected chi connectivity index (χ0v) is 21.2. The zero-order valence-electron chi connectivity index (χ0n) is 21.2. The number of nitrogens with one attached hydrogen (secondary N) is 2. The number of rotatable bonds is 10. The first-order valence-corrected chi connectivity index (χ1v) is 11.8. The molecule has 0 spiro atoms. The quantitative estimate of drug-likeness (QED) is 0.449. The largest absolute Gasteiger partial charge is 0.508 e. The minimum Gasteiger partial charge on any atom is -0.508 e. The Balaban J connectivity index is 1.99. The van der Waals surface area contributed by atoms with Gasteiger partial charge in [-0.3, -0.25) is 14.5 Å². The number of amides is 3. The molecule has 3 N–H and O–H groups in total. The topological polar surface area (TPSA) is 108 Å². The molecular formula is C27H37N3O5. The van der Waals surface area contributed by atoms with Gasteiger partial charge in [0, 0.05) is 20.0 Å². The van der Waals surface area contributed by atoms with Crippen molar-refractivity contribution in [2.75, 3.05) is 13.6 Å². The molecule has 0 saturated carbocycles. The number of aryl methyl sites for hydroxylation is 1. The highest BCUT2D eigenvalue weighted by atomic mass is 16.6. The highest BCUT2D eigenvalue weighted by Gasteiger charge is 2.32. The molecule has 0 unspecified atom stereocenters. The second-order valence-corrected chi connectivity index (χ2v) is 9.59. The number of carbonyl (C=O) groups is 3. The van der Waals surface area contributed by atoms with Crippen molar-refractivity contribution < 1.29 is 24.2 Å². The third-order valence-corrected chi connectivity index (χ3v) is 5.35. The highest BCUT2D eigenvalue weighted by molar-refractivity contribution is 5.91. The summed E-state index contributed by atoms with van der Waals surface area (Å²) in [4.78, 5) is 39.6. The third kappa shape index (κ3) is 9.68. The summed E-state index contributed by atoms with van der Waals surface area (Å²) in [5.74, 6) is -0.666. The predicted octanol–water partition coefficient (Wildman–Crippen LogP) is 3.42. The number of phenols is 1. The molecule has 3 amide bonds. The fourth-order valence-electron chi connectivity index (χ4n) is 3.40. The van der Waals surface area contributed by atoms with Crippen molar-refractivity contribution >= 4 is 17.9 Å². The van der Waals surface area contributed by atoms with Crippen LogP contribution in [0.25, 0.3) is 0 Å². The Bertz CT molecular complexity index is 971. The maximum absolute atomic E-state index is 13.2. The number of hydrogen-bond donors (Lipinski definition) is 3. The smallest absolute Gasteiger partial charge is 0.410 e. The van der Waals surface area contributed by atoms with Crippen LogP contribution < -0.4 is 10.6 Å². The van der Waals surface area contributed by atoms with Gasteiger partial charge < -0.3 is 20.5 Å². The van der Waals surface area contributed by atoms with E-state index in [1.807, 2.05) is 30.3 Å². The standard InChI is InChI=1S/C27H37N3O5/c1-19(24(32)28-17-9-12-20-10-7-6-8-11-20)29-25(33)23(18-21-13-15-22(31)16-14-21)30(5)26(34)35-27(2,3)4/h6-8,10-11,13-16,19,23,31H,9,12,17-18H2,1-5H3,(H,28,32)(H,29,33)/t19-,23+/m1/s1. The van der Waals surface area contributed by atoms with E-state index in [4.69, 9.17) is 4.74 Å². The van der Waals surface area contributed by atoms with Crippen LogP contribution in [0.2, 0.25) is 0 Å². The molecule has 2 aromatic carbocycles. The molecule has 0 aliphatic heterocycles. The normalized spacial score (nSPS) is 12.8. The molecule has 0 saturated heterocycles. The van der Waals surface area contributed by atoms with E-state index in [0.717, 1.165) is 18.4 Å². The monoisotopic (exact) mass is 483 g/mol. The van der Waals surface area contributed by atoms with Gasteiger partial charge in [-0.2, -0.15) is 0 Å². The van der Waals surface area contributed by atoms with E-state index in [1.54, 1.807) is 39.8 Å². The summed E-state index contributed by atoms with van der Waals surface area (Å²) >= 11 is 0. The van der Waals surface area contributed by atoms with E-state index >= 15 is 0 Å². The first-order valence-electron chi connectivity index (χ1n) is 11.8. The number of ether oxygens (including phenoxy) is 1. The summed E-state index contributed by atoms with van der Waals surface area (Å²) in [6.45, 7) is 7.34. The van der Waals surface area contributed by atoms with Crippen LogP contribution in [-0.4, -0.2) is 59.2 Å². The second-order valence-electron chi connectivity index (χ2n) is 9.59. The van der Waals surface area contributed by atoms with E-state index in [1.165, 1.54) is 29.6 Å². The Labute approximate surface area is 207 Å². The van der Waals surface area contributed by atoms with Crippen molar-refractivity contribution in [2.45, 2.75) is 64.6 Å². The summed E-state index contributed by atoms with van der Waals surface area (Å²) in [6, 6.07) is 14.7. The summed E-state index contributed by atoms with van der Waals surface area (Å²) in [5, 5.41) is 15.1. The number of likely N-dealkylation sites (N-methyl/N-ethyl adjacent to an activating group) is 1. The van der Waals surface area contributed by atoms with Gasteiger partial charge in [-0.05, 0) is 63.8 Å². The van der Waals surface area contributed by atoms with Crippen LogP contribution >= 0.6 is 0 Å². The lowest BCUT2D eigenvalue weighted by atomic mass is 10.0. The van der Waals surface area contributed by atoms with Gasteiger partial charge in [-0.25, -0.2) is 4.79 Å². The molecule has 2 atom stereocenters. The van der Waals surface area contributed by atoms with Crippen molar-refractivity contribution in [2.24, 2.45) is 0 Å². The Kier molecular flexibility index (Phi) is 10.1. The molecule has 2 aromatic rings. The molecule has 2 rings (SSSR count). The molecule has 0 aliphatic carbocycles. The molecule has 0 aromatic heterocycles. The van der Waals surface area contributed by atoms with Crippen LogP contribution in [0.15, 0.2) is 54.6 Å². The van der Waals surface area contributed by atoms with E-state index in [0.29, 0.717) is 6.54 Å². The lowest BCUT2D eigenvalue weighted by Crippen LogP contribution is -2.54. The van der Waals surface area contributed by atoms with Gasteiger partial charge in [-0.1, -0.05) is 42.5 Å². The van der Waals surface area contributed by atoms with Crippen LogP contribution in [0, 0.1) is 0 Å². The maximum atomic E-state index is 13.2. The second kappa shape index (κ2) is 12.8. The molecule has 8 heteroatoms. The molecule has 0 fully saturated rings. The van der Waals surface area contributed by atoms with Crippen molar-refractivity contribution in [1.29, 1.82) is 0 Å². The molecule has 190 valence electrons. The van der Waals surface area contributed by atoms with Crippen LogP contribution in [0.1, 0.15) is 45.2 Å². The Morgan fingerprint density at radius 1 is 0.971 bits per heavy atom. The van der Waals surface area contributed by atoms with Crippen LogP contribution in [-0.2, 0) is 27.2 Å². The van der Waals surface area contributed by atoms with E-state index in [9.17, 15) is 19.5 Å². The number of carbonyl (C=O) groups excluding carboxylic acids is 3.